The van der Waals surface area contributed by atoms with Crippen LogP contribution in [-0.4, -0.2) is 67.2 Å². The van der Waals surface area contributed by atoms with Crippen molar-refractivity contribution in [2.45, 2.75) is 43.7 Å². The van der Waals surface area contributed by atoms with E-state index in [0.717, 1.165) is 9.87 Å². The minimum Gasteiger partial charge on any atom is -0.497 e. The van der Waals surface area contributed by atoms with Crippen LogP contribution in [0.15, 0.2) is 59.4 Å². The van der Waals surface area contributed by atoms with Crippen molar-refractivity contribution >= 4 is 33.4 Å². The smallest absolute Gasteiger partial charge is 0.269 e. The number of methoxy groups -OCH3 is 2. The molecule has 192 valence electrons. The van der Waals surface area contributed by atoms with Gasteiger partial charge in [0, 0.05) is 36.7 Å². The number of hydrogen-bond acceptors (Lipinski definition) is 6. The van der Waals surface area contributed by atoms with Crippen LogP contribution in [0.5, 0.6) is 11.5 Å². The molecule has 2 aromatic rings. The molecule has 0 bridgehead atoms. The molecular formula is C25H28ClN3O6S. The standard InChI is InChI=1S/C25H28ClN3O6S/c1-16(2)27-15-23-28(36(32,33)22-14-18(26)7-10-21(22)35-4)12-11-24(30)29(23)20(25(27)31)13-17-5-8-19(34-3)9-6-17/h5-10,14-16,20H,11-13H2,1-4H3. The quantitative estimate of drug-likeness (QED) is 0.542. The van der Waals surface area contributed by atoms with Gasteiger partial charge in [-0.25, -0.2) is 12.7 Å². The summed E-state index contributed by atoms with van der Waals surface area (Å²) in [5, 5.41) is 0.230. The lowest BCUT2D eigenvalue weighted by atomic mass is 9.99. The van der Waals surface area contributed by atoms with Gasteiger partial charge in [0.1, 0.15) is 28.3 Å². The van der Waals surface area contributed by atoms with Crippen molar-refractivity contribution in [1.82, 2.24) is 14.1 Å². The lowest BCUT2D eigenvalue weighted by Gasteiger charge is -2.47. The van der Waals surface area contributed by atoms with E-state index in [-0.39, 0.29) is 58.7 Å². The molecule has 0 radical (unpaired) electrons. The van der Waals surface area contributed by atoms with E-state index in [2.05, 4.69) is 0 Å². The average Bonchev–Trinajstić information content (AvgIpc) is 2.85. The number of benzene rings is 2. The molecule has 0 N–H and O–H groups in total. The molecule has 2 aliphatic rings. The third-order valence-electron chi connectivity index (χ3n) is 6.24. The normalized spacial score (nSPS) is 18.3. The van der Waals surface area contributed by atoms with Crippen LogP contribution in [0.3, 0.4) is 0 Å². The predicted molar refractivity (Wildman–Crippen MR) is 134 cm³/mol. The van der Waals surface area contributed by atoms with Crippen molar-refractivity contribution in [3.8, 4) is 11.5 Å². The van der Waals surface area contributed by atoms with Crippen molar-refractivity contribution in [2.75, 3.05) is 20.8 Å². The van der Waals surface area contributed by atoms with Crippen LogP contribution in [0.4, 0.5) is 0 Å². The highest BCUT2D eigenvalue weighted by Crippen LogP contribution is 2.37. The average molecular weight is 534 g/mol. The van der Waals surface area contributed by atoms with Gasteiger partial charge in [-0.2, -0.15) is 0 Å². The van der Waals surface area contributed by atoms with Crippen LogP contribution in [0, 0.1) is 0 Å². The van der Waals surface area contributed by atoms with Gasteiger partial charge in [0.25, 0.3) is 10.0 Å². The topological polar surface area (TPSA) is 96.5 Å². The second-order valence-electron chi connectivity index (χ2n) is 8.78. The van der Waals surface area contributed by atoms with Gasteiger partial charge in [0.15, 0.2) is 0 Å². The van der Waals surface area contributed by atoms with E-state index < -0.39 is 16.1 Å². The van der Waals surface area contributed by atoms with Gasteiger partial charge in [-0.1, -0.05) is 23.7 Å². The molecule has 0 spiro atoms. The van der Waals surface area contributed by atoms with Crippen LogP contribution in [0.2, 0.25) is 5.02 Å². The van der Waals surface area contributed by atoms with Crippen LogP contribution in [0.25, 0.3) is 0 Å². The summed E-state index contributed by atoms with van der Waals surface area (Å²) in [4.78, 5) is 29.4. The SMILES string of the molecule is COc1ccc(CC2C(=O)N(C(C)C)C=C3N2C(=O)CCN3S(=O)(=O)c2cc(Cl)ccc2OC)cc1. The number of ether oxygens (including phenoxy) is 2. The summed E-state index contributed by atoms with van der Waals surface area (Å²) >= 11 is 6.12. The Kier molecular flexibility index (Phi) is 7.19. The first-order valence-electron chi connectivity index (χ1n) is 11.4. The molecule has 2 aromatic carbocycles. The fourth-order valence-electron chi connectivity index (χ4n) is 4.39. The minimum absolute atomic E-state index is 0.0749. The highest BCUT2D eigenvalue weighted by molar-refractivity contribution is 7.89. The maximum Gasteiger partial charge on any atom is 0.269 e. The van der Waals surface area contributed by atoms with Crippen molar-refractivity contribution in [2.24, 2.45) is 0 Å². The van der Waals surface area contributed by atoms with Gasteiger partial charge in [0.05, 0.1) is 14.2 Å². The lowest BCUT2D eigenvalue weighted by molar-refractivity contribution is -0.148. The Balaban J connectivity index is 1.80. The summed E-state index contributed by atoms with van der Waals surface area (Å²) < 4.78 is 39.4. The Morgan fingerprint density at radius 1 is 1.06 bits per heavy atom. The van der Waals surface area contributed by atoms with E-state index in [0.29, 0.717) is 5.75 Å². The molecule has 1 fully saturated rings. The molecule has 36 heavy (non-hydrogen) atoms. The number of amides is 2. The molecule has 4 rings (SSSR count). The molecule has 2 heterocycles. The molecule has 2 amide bonds. The largest absolute Gasteiger partial charge is 0.497 e. The van der Waals surface area contributed by atoms with E-state index in [9.17, 15) is 18.0 Å². The Morgan fingerprint density at radius 2 is 1.75 bits per heavy atom. The number of halogens is 1. The fourth-order valence-corrected chi connectivity index (χ4v) is 6.26. The molecule has 0 aromatic heterocycles. The predicted octanol–water partition coefficient (Wildman–Crippen LogP) is 3.24. The van der Waals surface area contributed by atoms with Gasteiger partial charge in [-0.3, -0.25) is 14.5 Å². The lowest BCUT2D eigenvalue weighted by Crippen LogP contribution is -2.61. The van der Waals surface area contributed by atoms with Crippen LogP contribution < -0.4 is 9.47 Å². The second-order valence-corrected chi connectivity index (χ2v) is 11.0. The van der Waals surface area contributed by atoms with Crippen LogP contribution >= 0.6 is 11.6 Å². The molecule has 2 aliphatic heterocycles. The number of fused-ring (bicyclic) bond motifs is 1. The summed E-state index contributed by atoms with van der Waals surface area (Å²) in [5.74, 6) is 0.323. The van der Waals surface area contributed by atoms with Crippen LogP contribution in [-0.2, 0) is 26.0 Å². The minimum atomic E-state index is -4.19. The molecule has 11 heteroatoms. The molecule has 1 saturated heterocycles. The van der Waals surface area contributed by atoms with Gasteiger partial charge < -0.3 is 14.4 Å². The number of hydrogen-bond donors (Lipinski definition) is 0. The molecule has 1 atom stereocenters. The second kappa shape index (κ2) is 10.0. The third-order valence-corrected chi connectivity index (χ3v) is 8.30. The number of rotatable bonds is 7. The first-order chi connectivity index (χ1) is 17.1. The van der Waals surface area contributed by atoms with Gasteiger partial charge >= 0.3 is 0 Å². The first kappa shape index (κ1) is 25.8. The summed E-state index contributed by atoms with van der Waals surface area (Å²) in [5.41, 5.74) is 0.809. The molecule has 1 unspecified atom stereocenters. The summed E-state index contributed by atoms with van der Waals surface area (Å²) in [6, 6.07) is 10.4. The zero-order valence-electron chi connectivity index (χ0n) is 20.5. The van der Waals surface area contributed by atoms with Gasteiger partial charge in [-0.15, -0.1) is 0 Å². The molecule has 0 saturated carbocycles. The third kappa shape index (κ3) is 4.62. The maximum absolute atomic E-state index is 13.9. The summed E-state index contributed by atoms with van der Waals surface area (Å²) in [6.45, 7) is 3.59. The van der Waals surface area contributed by atoms with Crippen molar-refractivity contribution < 1.29 is 27.5 Å². The summed E-state index contributed by atoms with van der Waals surface area (Å²) in [6.07, 6.45) is 1.58. The van der Waals surface area contributed by atoms with Crippen molar-refractivity contribution in [1.29, 1.82) is 0 Å². The molecule has 0 aliphatic carbocycles. The van der Waals surface area contributed by atoms with E-state index in [1.165, 1.54) is 41.3 Å². The summed E-state index contributed by atoms with van der Waals surface area (Å²) in [7, 11) is -1.25. The number of sulfonamides is 1. The highest BCUT2D eigenvalue weighted by Gasteiger charge is 2.47. The van der Waals surface area contributed by atoms with Crippen LogP contribution in [0.1, 0.15) is 25.8 Å². The Hall–Kier alpha value is -3.24. The van der Waals surface area contributed by atoms with E-state index in [4.69, 9.17) is 21.1 Å². The van der Waals surface area contributed by atoms with E-state index >= 15 is 0 Å². The molecular weight excluding hydrogens is 506 g/mol. The molecule has 9 nitrogen and oxygen atoms in total. The fraction of sp³-hybridized carbons (Fsp3) is 0.360. The zero-order valence-corrected chi connectivity index (χ0v) is 22.0. The number of nitrogens with zero attached hydrogens (tertiary/aromatic N) is 3. The Labute approximate surface area is 215 Å². The van der Waals surface area contributed by atoms with E-state index in [1.807, 2.05) is 26.0 Å². The Morgan fingerprint density at radius 3 is 2.36 bits per heavy atom. The Bertz CT molecular complexity index is 1310. The van der Waals surface area contributed by atoms with E-state index in [1.54, 1.807) is 19.2 Å². The zero-order chi connectivity index (χ0) is 26.2. The highest BCUT2D eigenvalue weighted by atomic mass is 35.5. The number of carbonyl (C=O) groups excluding carboxylic acids is 2. The van der Waals surface area contributed by atoms with Gasteiger partial charge in [-0.05, 0) is 49.7 Å². The van der Waals surface area contributed by atoms with Gasteiger partial charge in [0.2, 0.25) is 11.8 Å². The monoisotopic (exact) mass is 533 g/mol. The first-order valence-corrected chi connectivity index (χ1v) is 13.3. The maximum atomic E-state index is 13.9. The van der Waals surface area contributed by atoms with Crippen molar-refractivity contribution in [3.63, 3.8) is 0 Å². The number of carbonyl (C=O) groups is 2. The van der Waals surface area contributed by atoms with Crippen molar-refractivity contribution in [3.05, 3.63) is 65.1 Å².